The molecule has 0 aliphatic carbocycles. The van der Waals surface area contributed by atoms with Gasteiger partial charge < -0.3 is 9.47 Å². The Morgan fingerprint density at radius 3 is 2.62 bits per heavy atom. The second kappa shape index (κ2) is 9.14. The summed E-state index contributed by atoms with van der Waals surface area (Å²) in [4.78, 5) is 31.3. The van der Waals surface area contributed by atoms with Crippen molar-refractivity contribution in [2.45, 2.75) is 19.9 Å². The number of hydrogen-bond acceptors (Lipinski definition) is 6. The van der Waals surface area contributed by atoms with Crippen molar-refractivity contribution >= 4 is 35.0 Å². The molecule has 0 radical (unpaired) electrons. The summed E-state index contributed by atoms with van der Waals surface area (Å²) in [7, 11) is 1.32. The van der Waals surface area contributed by atoms with Gasteiger partial charge in [0.15, 0.2) is 4.80 Å². The van der Waals surface area contributed by atoms with Gasteiger partial charge in [-0.2, -0.15) is 0 Å². The molecule has 1 atom stereocenters. The quantitative estimate of drug-likeness (QED) is 0.538. The normalized spacial score (nSPS) is 15.9. The highest BCUT2D eigenvalue weighted by Gasteiger charge is 2.33. The lowest BCUT2D eigenvalue weighted by Crippen LogP contribution is -2.39. The molecular weight excluding hydrogens is 448 g/mol. The second-order valence-corrected chi connectivity index (χ2v) is 8.54. The van der Waals surface area contributed by atoms with E-state index in [4.69, 9.17) is 21.1 Å². The molecule has 3 aromatic rings. The highest BCUT2D eigenvalue weighted by Crippen LogP contribution is 2.31. The molecule has 0 saturated carbocycles. The molecule has 0 bridgehead atoms. The van der Waals surface area contributed by atoms with Crippen molar-refractivity contribution in [3.05, 3.63) is 95.6 Å². The number of thiazole rings is 1. The van der Waals surface area contributed by atoms with Crippen LogP contribution in [0.1, 0.15) is 31.0 Å². The maximum atomic E-state index is 13.5. The Kier molecular flexibility index (Phi) is 6.30. The van der Waals surface area contributed by atoms with E-state index < -0.39 is 12.0 Å². The zero-order valence-electron chi connectivity index (χ0n) is 17.8. The number of aromatic nitrogens is 1. The number of methoxy groups -OCH3 is 1. The highest BCUT2D eigenvalue weighted by molar-refractivity contribution is 7.07. The van der Waals surface area contributed by atoms with Crippen molar-refractivity contribution in [2.75, 3.05) is 13.7 Å². The van der Waals surface area contributed by atoms with E-state index in [2.05, 4.69) is 4.99 Å². The van der Waals surface area contributed by atoms with Crippen molar-refractivity contribution in [3.63, 3.8) is 0 Å². The number of para-hydroxylation sites is 1. The van der Waals surface area contributed by atoms with Gasteiger partial charge in [0.1, 0.15) is 5.75 Å². The molecule has 1 aliphatic rings. The summed E-state index contributed by atoms with van der Waals surface area (Å²) in [6.45, 7) is 4.18. The van der Waals surface area contributed by atoms with Crippen LogP contribution in [0.2, 0.25) is 5.02 Å². The van der Waals surface area contributed by atoms with Gasteiger partial charge in [0, 0.05) is 10.6 Å². The number of benzene rings is 2. The van der Waals surface area contributed by atoms with E-state index in [9.17, 15) is 9.59 Å². The molecule has 6 nitrogen and oxygen atoms in total. The van der Waals surface area contributed by atoms with Crippen molar-refractivity contribution in [2.24, 2.45) is 4.99 Å². The molecule has 0 amide bonds. The third-order valence-corrected chi connectivity index (χ3v) is 6.35. The molecule has 164 valence electrons. The van der Waals surface area contributed by atoms with Gasteiger partial charge in [-0.1, -0.05) is 53.3 Å². The van der Waals surface area contributed by atoms with Crippen LogP contribution < -0.4 is 19.6 Å². The van der Waals surface area contributed by atoms with Crippen LogP contribution >= 0.6 is 22.9 Å². The average Bonchev–Trinajstić information content (AvgIpc) is 3.09. The fraction of sp³-hybridized carbons (Fsp3) is 0.208. The summed E-state index contributed by atoms with van der Waals surface area (Å²) in [5, 5.41) is 0.564. The fourth-order valence-corrected chi connectivity index (χ4v) is 4.84. The Hall–Kier alpha value is -3.16. The van der Waals surface area contributed by atoms with Crippen LogP contribution in [0.15, 0.2) is 69.6 Å². The number of esters is 1. The maximum Gasteiger partial charge on any atom is 0.338 e. The van der Waals surface area contributed by atoms with Crippen LogP contribution in [0.25, 0.3) is 6.08 Å². The molecule has 2 heterocycles. The van der Waals surface area contributed by atoms with E-state index in [0.717, 1.165) is 11.1 Å². The Balaban J connectivity index is 1.96. The van der Waals surface area contributed by atoms with Gasteiger partial charge in [-0.25, -0.2) is 9.79 Å². The molecule has 0 unspecified atom stereocenters. The first-order chi connectivity index (χ1) is 15.4. The number of allylic oxidation sites excluding steroid dienone is 1. The maximum absolute atomic E-state index is 13.5. The molecule has 4 rings (SSSR count). The molecule has 1 aromatic heterocycles. The molecule has 0 N–H and O–H groups in total. The predicted molar refractivity (Wildman–Crippen MR) is 125 cm³/mol. The molecule has 8 heteroatoms. The molecule has 0 fully saturated rings. The predicted octanol–water partition coefficient (Wildman–Crippen LogP) is 3.46. The van der Waals surface area contributed by atoms with Crippen molar-refractivity contribution < 1.29 is 14.3 Å². The average molecular weight is 469 g/mol. The van der Waals surface area contributed by atoms with Gasteiger partial charge in [-0.05, 0) is 43.7 Å². The topological polar surface area (TPSA) is 69.9 Å². The minimum Gasteiger partial charge on any atom is -0.493 e. The monoisotopic (exact) mass is 468 g/mol. The summed E-state index contributed by atoms with van der Waals surface area (Å²) in [6.07, 6.45) is 1.80. The fourth-order valence-electron chi connectivity index (χ4n) is 3.68. The largest absolute Gasteiger partial charge is 0.493 e. The molecule has 0 spiro atoms. The van der Waals surface area contributed by atoms with E-state index >= 15 is 0 Å². The number of carbonyl (C=O) groups excluding carboxylic acids is 1. The van der Waals surface area contributed by atoms with Gasteiger partial charge in [-0.15, -0.1) is 0 Å². The number of hydrogen-bond donors (Lipinski definition) is 0. The van der Waals surface area contributed by atoms with Crippen LogP contribution in [0.3, 0.4) is 0 Å². The van der Waals surface area contributed by atoms with E-state index in [0.29, 0.717) is 38.0 Å². The molecule has 1 aliphatic heterocycles. The van der Waals surface area contributed by atoms with Gasteiger partial charge in [0.25, 0.3) is 5.56 Å². The van der Waals surface area contributed by atoms with Crippen molar-refractivity contribution in [3.8, 4) is 5.75 Å². The van der Waals surface area contributed by atoms with Crippen LogP contribution in [0.4, 0.5) is 0 Å². The summed E-state index contributed by atoms with van der Waals surface area (Å²) in [6, 6.07) is 13.9. The Labute approximate surface area is 193 Å². The lowest BCUT2D eigenvalue weighted by molar-refractivity contribution is -0.136. The first-order valence-electron chi connectivity index (χ1n) is 10.0. The summed E-state index contributed by atoms with van der Waals surface area (Å²) in [5.74, 6) is 0.170. The molecule has 0 saturated heterocycles. The Bertz CT molecular complexity index is 1390. The van der Waals surface area contributed by atoms with Gasteiger partial charge in [0.2, 0.25) is 0 Å². The van der Waals surface area contributed by atoms with Gasteiger partial charge >= 0.3 is 5.97 Å². The van der Waals surface area contributed by atoms with E-state index in [1.165, 1.54) is 18.4 Å². The highest BCUT2D eigenvalue weighted by atomic mass is 35.5. The Morgan fingerprint density at radius 1 is 1.22 bits per heavy atom. The smallest absolute Gasteiger partial charge is 0.338 e. The first-order valence-corrected chi connectivity index (χ1v) is 11.2. The third-order valence-electron chi connectivity index (χ3n) is 5.12. The lowest BCUT2D eigenvalue weighted by Gasteiger charge is -2.24. The molecular formula is C24H21ClN2O4S. The summed E-state index contributed by atoms with van der Waals surface area (Å²) >= 11 is 7.34. The number of halogens is 1. The molecule has 32 heavy (non-hydrogen) atoms. The SMILES string of the molecule is CCOc1ccccc1/C=c1\sc2n(c1=O)[C@H](c1ccc(Cl)cc1)C(C(=O)OC)=C(C)N=2. The first kappa shape index (κ1) is 22.0. The van der Waals surface area contributed by atoms with Gasteiger partial charge in [-0.3, -0.25) is 9.36 Å². The van der Waals surface area contributed by atoms with Crippen LogP contribution in [-0.4, -0.2) is 24.3 Å². The lowest BCUT2D eigenvalue weighted by atomic mass is 9.96. The van der Waals surface area contributed by atoms with E-state index in [-0.39, 0.29) is 5.56 Å². The van der Waals surface area contributed by atoms with Crippen LogP contribution in [0, 0.1) is 0 Å². The van der Waals surface area contributed by atoms with Gasteiger partial charge in [0.05, 0.1) is 35.6 Å². The van der Waals surface area contributed by atoms with Crippen LogP contribution in [0.5, 0.6) is 5.75 Å². The zero-order chi connectivity index (χ0) is 22.8. The standard InChI is InChI=1S/C24H21ClN2O4S/c1-4-31-18-8-6-5-7-16(18)13-19-22(28)27-21(15-9-11-17(25)12-10-15)20(23(29)30-3)14(2)26-24(27)32-19/h5-13,21H,4H2,1-3H3/b19-13-/t21-/m1/s1. The van der Waals surface area contributed by atoms with Crippen molar-refractivity contribution in [1.29, 1.82) is 0 Å². The summed E-state index contributed by atoms with van der Waals surface area (Å²) in [5.41, 5.74) is 2.13. The zero-order valence-corrected chi connectivity index (χ0v) is 19.4. The minimum absolute atomic E-state index is 0.242. The van der Waals surface area contributed by atoms with E-state index in [1.54, 1.807) is 41.8 Å². The number of rotatable bonds is 5. The van der Waals surface area contributed by atoms with Crippen molar-refractivity contribution in [1.82, 2.24) is 4.57 Å². The van der Waals surface area contributed by atoms with E-state index in [1.807, 2.05) is 31.2 Å². The number of ether oxygens (including phenoxy) is 2. The second-order valence-electron chi connectivity index (χ2n) is 7.10. The third kappa shape index (κ3) is 4.01. The minimum atomic E-state index is -0.666. The number of carbonyl (C=O) groups is 1. The number of nitrogens with zero attached hydrogens (tertiary/aromatic N) is 2. The summed E-state index contributed by atoms with van der Waals surface area (Å²) < 4.78 is 12.7. The Morgan fingerprint density at radius 2 is 1.94 bits per heavy atom. The number of fused-ring (bicyclic) bond motifs is 1. The molecule has 2 aromatic carbocycles. The van der Waals surface area contributed by atoms with Crippen LogP contribution in [-0.2, 0) is 9.53 Å².